The number of hydrogen-bond acceptors (Lipinski definition) is 4. The summed E-state index contributed by atoms with van der Waals surface area (Å²) in [6.45, 7) is 5.64. The molecule has 0 N–H and O–H groups in total. The van der Waals surface area contributed by atoms with Crippen LogP contribution in [0.25, 0.3) is 0 Å². The Morgan fingerprint density at radius 2 is 1.82 bits per heavy atom. The van der Waals surface area contributed by atoms with Gasteiger partial charge in [0.1, 0.15) is 0 Å². The van der Waals surface area contributed by atoms with E-state index in [1.165, 1.54) is 18.7 Å². The van der Waals surface area contributed by atoms with E-state index in [0.29, 0.717) is 6.54 Å². The molecule has 2 aliphatic rings. The van der Waals surface area contributed by atoms with Crippen LogP contribution in [0, 0.1) is 5.95 Å². The third kappa shape index (κ3) is 3.74. The van der Waals surface area contributed by atoms with Gasteiger partial charge in [-0.1, -0.05) is 0 Å². The van der Waals surface area contributed by atoms with Crippen molar-refractivity contribution in [1.29, 1.82) is 0 Å². The van der Waals surface area contributed by atoms with Crippen molar-refractivity contribution in [2.24, 2.45) is 0 Å². The highest BCUT2D eigenvalue weighted by molar-refractivity contribution is 5.78. The van der Waals surface area contributed by atoms with Gasteiger partial charge >= 0.3 is 0 Å². The van der Waals surface area contributed by atoms with Gasteiger partial charge in [-0.15, -0.1) is 0 Å². The van der Waals surface area contributed by atoms with Crippen LogP contribution in [0.15, 0.2) is 18.3 Å². The van der Waals surface area contributed by atoms with Gasteiger partial charge in [-0.25, -0.2) is 4.98 Å². The molecule has 5 nitrogen and oxygen atoms in total. The normalized spacial score (nSPS) is 20.2. The van der Waals surface area contributed by atoms with E-state index in [2.05, 4.69) is 14.8 Å². The number of piperidine rings is 1. The molecule has 0 bridgehead atoms. The van der Waals surface area contributed by atoms with Crippen LogP contribution < -0.4 is 4.90 Å². The van der Waals surface area contributed by atoms with Crippen molar-refractivity contribution in [2.75, 3.05) is 50.7 Å². The molecule has 2 aliphatic heterocycles. The number of hydrogen-bond donors (Lipinski definition) is 0. The molecule has 0 saturated carbocycles. The number of likely N-dealkylation sites (tertiary alicyclic amines) is 1. The van der Waals surface area contributed by atoms with E-state index in [-0.39, 0.29) is 5.91 Å². The standard InChI is InChI=1S/C16H23FN4O/c17-15-12-14(4-5-18-15)20-10-8-19(9-11-20)13-16(22)21-6-2-1-3-7-21/h4-5,12H,1-3,6-11,13H2. The predicted octanol–water partition coefficient (Wildman–Crippen LogP) is 1.36. The summed E-state index contributed by atoms with van der Waals surface area (Å²) in [7, 11) is 0. The Morgan fingerprint density at radius 1 is 1.09 bits per heavy atom. The quantitative estimate of drug-likeness (QED) is 0.791. The van der Waals surface area contributed by atoms with Crippen LogP contribution in [0.3, 0.4) is 0 Å². The molecule has 1 aromatic heterocycles. The molecule has 0 spiro atoms. The zero-order valence-electron chi connectivity index (χ0n) is 12.9. The fourth-order valence-electron chi connectivity index (χ4n) is 3.19. The number of anilines is 1. The van der Waals surface area contributed by atoms with E-state index < -0.39 is 5.95 Å². The Balaban J connectivity index is 1.48. The number of carbonyl (C=O) groups is 1. The van der Waals surface area contributed by atoms with Gasteiger partial charge in [-0.2, -0.15) is 4.39 Å². The third-order valence-corrected chi connectivity index (χ3v) is 4.52. The Morgan fingerprint density at radius 3 is 2.50 bits per heavy atom. The van der Waals surface area contributed by atoms with Crippen molar-refractivity contribution < 1.29 is 9.18 Å². The lowest BCUT2D eigenvalue weighted by molar-refractivity contribution is -0.133. The van der Waals surface area contributed by atoms with Crippen molar-refractivity contribution in [2.45, 2.75) is 19.3 Å². The molecule has 3 heterocycles. The second-order valence-electron chi connectivity index (χ2n) is 6.04. The van der Waals surface area contributed by atoms with Gasteiger partial charge in [0.05, 0.1) is 6.54 Å². The van der Waals surface area contributed by atoms with E-state index in [1.54, 1.807) is 0 Å². The number of nitrogens with zero attached hydrogens (tertiary/aromatic N) is 4. The molecule has 2 fully saturated rings. The SMILES string of the molecule is O=C(CN1CCN(c2ccnc(F)c2)CC1)N1CCCCC1. The molecule has 3 rings (SSSR count). The number of carbonyl (C=O) groups excluding carboxylic acids is 1. The Labute approximate surface area is 130 Å². The first-order valence-corrected chi connectivity index (χ1v) is 8.09. The zero-order valence-corrected chi connectivity index (χ0v) is 12.9. The molecule has 6 heteroatoms. The lowest BCUT2D eigenvalue weighted by Crippen LogP contribution is -2.50. The smallest absolute Gasteiger partial charge is 0.236 e. The Hall–Kier alpha value is -1.69. The molecule has 22 heavy (non-hydrogen) atoms. The Bertz CT molecular complexity index is 511. The average molecular weight is 306 g/mol. The third-order valence-electron chi connectivity index (χ3n) is 4.52. The summed E-state index contributed by atoms with van der Waals surface area (Å²) in [4.78, 5) is 22.2. The minimum absolute atomic E-state index is 0.253. The van der Waals surface area contributed by atoms with Crippen molar-refractivity contribution in [3.8, 4) is 0 Å². The lowest BCUT2D eigenvalue weighted by atomic mass is 10.1. The molecule has 0 aliphatic carbocycles. The number of pyridine rings is 1. The van der Waals surface area contributed by atoms with E-state index in [9.17, 15) is 9.18 Å². The highest BCUT2D eigenvalue weighted by Crippen LogP contribution is 2.16. The minimum atomic E-state index is -0.444. The lowest BCUT2D eigenvalue weighted by Gasteiger charge is -2.37. The summed E-state index contributed by atoms with van der Waals surface area (Å²) in [5.74, 6) is -0.191. The average Bonchev–Trinajstić information content (AvgIpc) is 2.56. The summed E-state index contributed by atoms with van der Waals surface area (Å²) in [6.07, 6.45) is 5.00. The highest BCUT2D eigenvalue weighted by Gasteiger charge is 2.23. The molecule has 0 unspecified atom stereocenters. The van der Waals surface area contributed by atoms with Crippen molar-refractivity contribution in [3.05, 3.63) is 24.3 Å². The molecule has 0 radical (unpaired) electrons. The van der Waals surface area contributed by atoms with Crippen molar-refractivity contribution in [1.82, 2.24) is 14.8 Å². The van der Waals surface area contributed by atoms with Crippen LogP contribution in [0.2, 0.25) is 0 Å². The number of amides is 1. The topological polar surface area (TPSA) is 39.7 Å². The van der Waals surface area contributed by atoms with E-state index in [0.717, 1.165) is 57.8 Å². The van der Waals surface area contributed by atoms with E-state index in [4.69, 9.17) is 0 Å². The summed E-state index contributed by atoms with van der Waals surface area (Å²) in [6, 6.07) is 3.30. The van der Waals surface area contributed by atoms with Gasteiger partial charge in [-0.3, -0.25) is 9.69 Å². The molecule has 0 atom stereocenters. The first-order valence-electron chi connectivity index (χ1n) is 8.09. The van der Waals surface area contributed by atoms with Crippen molar-refractivity contribution in [3.63, 3.8) is 0 Å². The van der Waals surface area contributed by atoms with Gasteiger partial charge < -0.3 is 9.80 Å². The monoisotopic (exact) mass is 306 g/mol. The maximum Gasteiger partial charge on any atom is 0.236 e. The molecular formula is C16H23FN4O. The Kier molecular flexibility index (Phi) is 4.87. The fraction of sp³-hybridized carbons (Fsp3) is 0.625. The zero-order chi connectivity index (χ0) is 15.4. The number of halogens is 1. The van der Waals surface area contributed by atoms with Gasteiger partial charge in [0.2, 0.25) is 11.9 Å². The largest absolute Gasteiger partial charge is 0.369 e. The van der Waals surface area contributed by atoms with Gasteiger partial charge in [0.25, 0.3) is 0 Å². The van der Waals surface area contributed by atoms with Crippen LogP contribution in [0.1, 0.15) is 19.3 Å². The predicted molar refractivity (Wildman–Crippen MR) is 83.3 cm³/mol. The molecule has 0 aromatic carbocycles. The summed E-state index contributed by atoms with van der Waals surface area (Å²) >= 11 is 0. The van der Waals surface area contributed by atoms with Crippen molar-refractivity contribution >= 4 is 11.6 Å². The maximum absolute atomic E-state index is 13.2. The van der Waals surface area contributed by atoms with E-state index in [1.807, 2.05) is 11.0 Å². The molecule has 120 valence electrons. The second-order valence-corrected chi connectivity index (χ2v) is 6.04. The number of rotatable bonds is 3. The molecule has 1 aromatic rings. The first kappa shape index (κ1) is 15.2. The van der Waals surface area contributed by atoms with Gasteiger partial charge in [-0.05, 0) is 25.3 Å². The van der Waals surface area contributed by atoms with Crippen LogP contribution in [-0.4, -0.2) is 66.5 Å². The molecule has 2 saturated heterocycles. The minimum Gasteiger partial charge on any atom is -0.369 e. The van der Waals surface area contributed by atoms with E-state index >= 15 is 0 Å². The maximum atomic E-state index is 13.2. The van der Waals surface area contributed by atoms with Crippen LogP contribution >= 0.6 is 0 Å². The fourth-order valence-corrected chi connectivity index (χ4v) is 3.19. The van der Waals surface area contributed by atoms with Gasteiger partial charge in [0, 0.05) is 57.2 Å². The highest BCUT2D eigenvalue weighted by atomic mass is 19.1. The van der Waals surface area contributed by atoms with Crippen LogP contribution in [0.5, 0.6) is 0 Å². The van der Waals surface area contributed by atoms with Crippen LogP contribution in [0.4, 0.5) is 10.1 Å². The summed E-state index contributed by atoms with van der Waals surface area (Å²) < 4.78 is 13.2. The van der Waals surface area contributed by atoms with Crippen LogP contribution in [-0.2, 0) is 4.79 Å². The molecule has 1 amide bonds. The summed E-state index contributed by atoms with van der Waals surface area (Å²) in [5.41, 5.74) is 0.870. The number of aromatic nitrogens is 1. The molecular weight excluding hydrogens is 283 g/mol. The van der Waals surface area contributed by atoms with Gasteiger partial charge in [0.15, 0.2) is 0 Å². The number of piperazine rings is 1. The second kappa shape index (κ2) is 7.05. The summed E-state index contributed by atoms with van der Waals surface area (Å²) in [5, 5.41) is 0. The first-order chi connectivity index (χ1) is 10.7.